The topological polar surface area (TPSA) is 76.7 Å². The molecule has 7 heteroatoms. The van der Waals surface area contributed by atoms with Crippen molar-refractivity contribution in [3.05, 3.63) is 28.7 Å². The summed E-state index contributed by atoms with van der Waals surface area (Å²) < 4.78 is 5.86. The Balaban J connectivity index is 1.88. The number of hydrogen-bond donors (Lipinski definition) is 2. The molecular weight excluding hydrogens is 292 g/mol. The Hall–Kier alpha value is -1.60. The van der Waals surface area contributed by atoms with E-state index in [0.29, 0.717) is 5.75 Å². The van der Waals surface area contributed by atoms with Gasteiger partial charge in [-0.3, -0.25) is 9.63 Å². The molecule has 1 aliphatic rings. The van der Waals surface area contributed by atoms with Crippen LogP contribution in [-0.2, 0) is 9.63 Å². The summed E-state index contributed by atoms with van der Waals surface area (Å²) in [5, 5.41) is 2.38. The molecule has 0 radical (unpaired) electrons. The van der Waals surface area contributed by atoms with E-state index in [2.05, 4.69) is 31.6 Å². The number of amides is 2. The van der Waals surface area contributed by atoms with Gasteiger partial charge in [0.1, 0.15) is 18.4 Å². The molecule has 1 aromatic carbocycles. The molecule has 2 N–H and O–H groups in total. The van der Waals surface area contributed by atoms with Crippen LogP contribution in [-0.4, -0.2) is 24.6 Å². The first kappa shape index (κ1) is 11.9. The van der Waals surface area contributed by atoms with E-state index >= 15 is 0 Å². The number of rotatable bonds is 2. The minimum absolute atomic E-state index is 0.0915. The monoisotopic (exact) mass is 300 g/mol. The lowest BCUT2D eigenvalue weighted by atomic mass is 10.3. The Labute approximate surface area is 105 Å². The van der Waals surface area contributed by atoms with Crippen molar-refractivity contribution in [1.82, 2.24) is 10.8 Å². The number of carbonyl (C=O) groups is 2. The van der Waals surface area contributed by atoms with Crippen LogP contribution in [0.5, 0.6) is 5.75 Å². The first-order chi connectivity index (χ1) is 8.15. The van der Waals surface area contributed by atoms with Crippen LogP contribution in [0, 0.1) is 0 Å². The van der Waals surface area contributed by atoms with Crippen molar-refractivity contribution in [1.29, 1.82) is 0 Å². The number of hydroxylamine groups is 1. The third-order valence-electron chi connectivity index (χ3n) is 2.06. The predicted molar refractivity (Wildman–Crippen MR) is 61.2 cm³/mol. The van der Waals surface area contributed by atoms with Crippen molar-refractivity contribution < 1.29 is 19.2 Å². The summed E-state index contributed by atoms with van der Waals surface area (Å²) in [6.07, 6.45) is -0.696. The van der Waals surface area contributed by atoms with Crippen LogP contribution in [0.1, 0.15) is 0 Å². The van der Waals surface area contributed by atoms with Gasteiger partial charge in [0.2, 0.25) is 0 Å². The highest BCUT2D eigenvalue weighted by atomic mass is 79.9. The van der Waals surface area contributed by atoms with Crippen molar-refractivity contribution in [2.45, 2.75) is 6.04 Å². The average molecular weight is 301 g/mol. The van der Waals surface area contributed by atoms with Crippen molar-refractivity contribution >= 4 is 27.9 Å². The van der Waals surface area contributed by atoms with E-state index in [1.54, 1.807) is 24.3 Å². The van der Waals surface area contributed by atoms with Crippen LogP contribution in [0.3, 0.4) is 0 Å². The van der Waals surface area contributed by atoms with Gasteiger partial charge in [-0.15, -0.1) is 0 Å². The Morgan fingerprint density at radius 1 is 1.47 bits per heavy atom. The minimum atomic E-state index is -0.710. The summed E-state index contributed by atoms with van der Waals surface area (Å²) >= 11 is 3.26. The number of carbonyl (C=O) groups excluding carboxylic acids is 2. The quantitative estimate of drug-likeness (QED) is 0.853. The predicted octanol–water partition coefficient (Wildman–Crippen LogP) is 0.967. The Morgan fingerprint density at radius 3 is 2.76 bits per heavy atom. The van der Waals surface area contributed by atoms with Crippen molar-refractivity contribution in [2.24, 2.45) is 0 Å². The number of ether oxygens (including phenoxy) is 1. The van der Waals surface area contributed by atoms with Gasteiger partial charge >= 0.3 is 6.09 Å². The van der Waals surface area contributed by atoms with E-state index in [1.807, 2.05) is 0 Å². The standard InChI is InChI=1S/C10H9BrN2O4/c11-6-1-3-7(4-2-6)17-10(15)12-8-5-16-13-9(8)14/h1-4,8H,5H2,(H,12,15)(H,13,14)/t8-/m1/s1. The SMILES string of the molecule is O=C(N[C@@H]1CONC1=O)Oc1ccc(Br)cc1. The zero-order valence-electron chi connectivity index (χ0n) is 8.60. The number of halogens is 1. The first-order valence-electron chi connectivity index (χ1n) is 4.81. The summed E-state index contributed by atoms with van der Waals surface area (Å²) in [6.45, 7) is 0.0915. The van der Waals surface area contributed by atoms with Gasteiger partial charge in [-0.05, 0) is 24.3 Å². The average Bonchev–Trinajstić information content (AvgIpc) is 2.68. The van der Waals surface area contributed by atoms with Gasteiger partial charge in [-0.25, -0.2) is 10.3 Å². The van der Waals surface area contributed by atoms with Crippen LogP contribution in [0.2, 0.25) is 0 Å². The second-order valence-electron chi connectivity index (χ2n) is 3.32. The van der Waals surface area contributed by atoms with Gasteiger partial charge in [-0.2, -0.15) is 0 Å². The molecule has 0 unspecified atom stereocenters. The van der Waals surface area contributed by atoms with E-state index in [-0.39, 0.29) is 6.61 Å². The van der Waals surface area contributed by atoms with Crippen LogP contribution >= 0.6 is 15.9 Å². The molecule has 0 saturated carbocycles. The lowest BCUT2D eigenvalue weighted by Crippen LogP contribution is -2.42. The van der Waals surface area contributed by atoms with Crippen molar-refractivity contribution in [3.8, 4) is 5.75 Å². The summed E-state index contributed by atoms with van der Waals surface area (Å²) in [5.74, 6) is 0.00257. The Kier molecular flexibility index (Phi) is 3.60. The molecule has 0 aliphatic carbocycles. The second kappa shape index (κ2) is 5.15. The maximum atomic E-state index is 11.4. The Bertz CT molecular complexity index is 434. The maximum absolute atomic E-state index is 11.4. The summed E-state index contributed by atoms with van der Waals surface area (Å²) in [7, 11) is 0. The van der Waals surface area contributed by atoms with Crippen LogP contribution in [0.15, 0.2) is 28.7 Å². The lowest BCUT2D eigenvalue weighted by molar-refractivity contribution is -0.125. The lowest BCUT2D eigenvalue weighted by Gasteiger charge is -2.08. The molecule has 17 heavy (non-hydrogen) atoms. The zero-order valence-corrected chi connectivity index (χ0v) is 10.2. The first-order valence-corrected chi connectivity index (χ1v) is 5.60. The normalized spacial score (nSPS) is 18.6. The molecule has 2 amide bonds. The molecule has 90 valence electrons. The van der Waals surface area contributed by atoms with Gasteiger partial charge in [0.15, 0.2) is 0 Å². The number of hydrogen-bond acceptors (Lipinski definition) is 4. The molecule has 6 nitrogen and oxygen atoms in total. The summed E-state index contributed by atoms with van der Waals surface area (Å²) in [6, 6.07) is 6.05. The van der Waals surface area contributed by atoms with Crippen LogP contribution < -0.4 is 15.5 Å². The minimum Gasteiger partial charge on any atom is -0.410 e. The zero-order chi connectivity index (χ0) is 12.3. The second-order valence-corrected chi connectivity index (χ2v) is 4.23. The molecule has 1 saturated heterocycles. The molecule has 2 rings (SSSR count). The largest absolute Gasteiger partial charge is 0.413 e. The highest BCUT2D eigenvalue weighted by Crippen LogP contribution is 2.16. The van der Waals surface area contributed by atoms with E-state index < -0.39 is 18.0 Å². The van der Waals surface area contributed by atoms with E-state index in [0.717, 1.165) is 4.47 Å². The summed E-state index contributed by atoms with van der Waals surface area (Å²) in [5.41, 5.74) is 2.13. The molecule has 1 atom stereocenters. The van der Waals surface area contributed by atoms with Gasteiger partial charge in [-0.1, -0.05) is 15.9 Å². The molecule has 1 aromatic rings. The molecular formula is C10H9BrN2O4. The van der Waals surface area contributed by atoms with E-state index in [9.17, 15) is 9.59 Å². The molecule has 0 spiro atoms. The third kappa shape index (κ3) is 3.18. The van der Waals surface area contributed by atoms with E-state index in [4.69, 9.17) is 4.74 Å². The fraction of sp³-hybridized carbons (Fsp3) is 0.200. The third-order valence-corrected chi connectivity index (χ3v) is 2.58. The van der Waals surface area contributed by atoms with Crippen LogP contribution in [0.25, 0.3) is 0 Å². The number of nitrogens with one attached hydrogen (secondary N) is 2. The van der Waals surface area contributed by atoms with Crippen LogP contribution in [0.4, 0.5) is 4.79 Å². The van der Waals surface area contributed by atoms with Gasteiger partial charge in [0.05, 0.1) is 0 Å². The Morgan fingerprint density at radius 2 is 2.18 bits per heavy atom. The highest BCUT2D eigenvalue weighted by molar-refractivity contribution is 9.10. The van der Waals surface area contributed by atoms with Gasteiger partial charge < -0.3 is 10.1 Å². The molecule has 1 aliphatic heterocycles. The van der Waals surface area contributed by atoms with Gasteiger partial charge in [0.25, 0.3) is 5.91 Å². The van der Waals surface area contributed by atoms with Crippen molar-refractivity contribution in [2.75, 3.05) is 6.61 Å². The summed E-state index contributed by atoms with van der Waals surface area (Å²) in [4.78, 5) is 27.2. The maximum Gasteiger partial charge on any atom is 0.413 e. The fourth-order valence-electron chi connectivity index (χ4n) is 1.23. The van der Waals surface area contributed by atoms with E-state index in [1.165, 1.54) is 0 Å². The smallest absolute Gasteiger partial charge is 0.410 e. The molecule has 1 fully saturated rings. The molecule has 0 bridgehead atoms. The molecule has 1 heterocycles. The molecule has 0 aromatic heterocycles. The van der Waals surface area contributed by atoms with Crippen molar-refractivity contribution in [3.63, 3.8) is 0 Å². The van der Waals surface area contributed by atoms with Gasteiger partial charge in [0, 0.05) is 4.47 Å². The number of benzene rings is 1. The highest BCUT2D eigenvalue weighted by Gasteiger charge is 2.27. The fourth-order valence-corrected chi connectivity index (χ4v) is 1.50.